The summed E-state index contributed by atoms with van der Waals surface area (Å²) in [5.41, 5.74) is 4.88. The van der Waals surface area contributed by atoms with Crippen LogP contribution in [0.1, 0.15) is 18.3 Å². The summed E-state index contributed by atoms with van der Waals surface area (Å²) in [5, 5.41) is 8.37. The third kappa shape index (κ3) is 2.30. The molecule has 0 saturated heterocycles. The van der Waals surface area contributed by atoms with Crippen LogP contribution in [-0.4, -0.2) is 19.6 Å². The van der Waals surface area contributed by atoms with E-state index in [1.54, 1.807) is 0 Å². The zero-order chi connectivity index (χ0) is 15.8. The van der Waals surface area contributed by atoms with E-state index in [1.807, 2.05) is 34.9 Å². The summed E-state index contributed by atoms with van der Waals surface area (Å²) in [6.07, 6.45) is 4.32. The second-order valence-corrected chi connectivity index (χ2v) is 5.52. The number of aryl methyl sites for hydroxylation is 2. The quantitative estimate of drug-likeness (QED) is 0.575. The molecule has 0 atom stereocenters. The number of benzene rings is 1. The van der Waals surface area contributed by atoms with Gasteiger partial charge in [-0.05, 0) is 25.1 Å². The Morgan fingerprint density at radius 1 is 1.09 bits per heavy atom. The third-order valence-corrected chi connectivity index (χ3v) is 3.91. The van der Waals surface area contributed by atoms with Crippen molar-refractivity contribution >= 4 is 5.65 Å². The van der Waals surface area contributed by atoms with E-state index in [0.717, 1.165) is 40.5 Å². The maximum atomic E-state index is 5.68. The summed E-state index contributed by atoms with van der Waals surface area (Å²) >= 11 is 0. The number of hydrogen-bond donors (Lipinski definition) is 0. The normalized spacial score (nSPS) is 11.2. The van der Waals surface area contributed by atoms with Gasteiger partial charge in [0.1, 0.15) is 11.5 Å². The molecule has 0 aliphatic heterocycles. The number of hydrogen-bond acceptors (Lipinski definition) is 4. The first kappa shape index (κ1) is 13.7. The fraction of sp³-hybridized carbons (Fsp3) is 0.167. The Balaban J connectivity index is 1.87. The van der Waals surface area contributed by atoms with E-state index in [-0.39, 0.29) is 0 Å². The Morgan fingerprint density at radius 2 is 2.00 bits per heavy atom. The van der Waals surface area contributed by atoms with Crippen LogP contribution < -0.4 is 0 Å². The average molecular weight is 304 g/mol. The van der Waals surface area contributed by atoms with Crippen LogP contribution in [-0.2, 0) is 6.42 Å². The van der Waals surface area contributed by atoms with Crippen molar-refractivity contribution in [2.45, 2.75) is 20.3 Å². The summed E-state index contributed by atoms with van der Waals surface area (Å²) < 4.78 is 7.68. The number of fused-ring (bicyclic) bond motifs is 1. The molecule has 4 rings (SSSR count). The van der Waals surface area contributed by atoms with Gasteiger partial charge in [0, 0.05) is 23.7 Å². The molecule has 0 N–H and O–H groups in total. The van der Waals surface area contributed by atoms with Gasteiger partial charge in [-0.1, -0.05) is 30.7 Å². The fourth-order valence-electron chi connectivity index (χ4n) is 2.76. The Bertz CT molecular complexity index is 984. The first-order chi connectivity index (χ1) is 11.3. The van der Waals surface area contributed by atoms with Crippen molar-refractivity contribution in [3.05, 3.63) is 60.4 Å². The molecule has 0 radical (unpaired) electrons. The fourth-order valence-corrected chi connectivity index (χ4v) is 2.76. The van der Waals surface area contributed by atoms with E-state index in [2.05, 4.69) is 41.2 Å². The third-order valence-electron chi connectivity index (χ3n) is 3.91. The number of nitrogens with zero attached hydrogens (tertiary/aromatic N) is 4. The van der Waals surface area contributed by atoms with E-state index in [9.17, 15) is 0 Å². The Hall–Kier alpha value is -2.95. The van der Waals surface area contributed by atoms with Crippen molar-refractivity contribution in [2.75, 3.05) is 0 Å². The molecule has 5 nitrogen and oxygen atoms in total. The molecular formula is C18H16N4O. The average Bonchev–Trinajstić information content (AvgIpc) is 3.21. The van der Waals surface area contributed by atoms with Gasteiger partial charge in [0.25, 0.3) is 0 Å². The van der Waals surface area contributed by atoms with Gasteiger partial charge >= 0.3 is 0 Å². The molecule has 0 aliphatic rings. The molecule has 0 spiro atoms. The van der Waals surface area contributed by atoms with Crippen LogP contribution in [0.4, 0.5) is 0 Å². The monoisotopic (exact) mass is 304 g/mol. The van der Waals surface area contributed by atoms with Gasteiger partial charge in [0.15, 0.2) is 17.8 Å². The highest BCUT2D eigenvalue weighted by molar-refractivity contribution is 5.77. The molecule has 23 heavy (non-hydrogen) atoms. The molecular weight excluding hydrogens is 288 g/mol. The molecule has 5 heteroatoms. The molecule has 0 aliphatic carbocycles. The van der Waals surface area contributed by atoms with E-state index in [0.29, 0.717) is 0 Å². The number of oxazole rings is 1. The lowest BCUT2D eigenvalue weighted by molar-refractivity contribution is 0.572. The van der Waals surface area contributed by atoms with Gasteiger partial charge in [0.05, 0.1) is 0 Å². The summed E-state index contributed by atoms with van der Waals surface area (Å²) in [4.78, 5) is 4.41. The Kier molecular flexibility index (Phi) is 3.19. The van der Waals surface area contributed by atoms with E-state index >= 15 is 0 Å². The lowest BCUT2D eigenvalue weighted by Gasteiger charge is -2.04. The molecule has 3 heterocycles. The Morgan fingerprint density at radius 3 is 2.83 bits per heavy atom. The van der Waals surface area contributed by atoms with E-state index in [4.69, 9.17) is 4.42 Å². The molecule has 0 unspecified atom stereocenters. The van der Waals surface area contributed by atoms with Crippen LogP contribution in [0.3, 0.4) is 0 Å². The van der Waals surface area contributed by atoms with E-state index in [1.165, 1.54) is 12.0 Å². The molecule has 0 fully saturated rings. The lowest BCUT2D eigenvalue weighted by atomic mass is 10.1. The molecule has 0 saturated carbocycles. The molecule has 4 aromatic rings. The molecule has 1 aromatic carbocycles. The van der Waals surface area contributed by atoms with Crippen molar-refractivity contribution in [3.63, 3.8) is 0 Å². The zero-order valence-electron chi connectivity index (χ0n) is 13.0. The maximum absolute atomic E-state index is 5.68. The first-order valence-corrected chi connectivity index (χ1v) is 7.61. The number of pyridine rings is 1. The minimum absolute atomic E-state index is 0.758. The van der Waals surface area contributed by atoms with Crippen LogP contribution in [0, 0.1) is 6.92 Å². The van der Waals surface area contributed by atoms with Crippen LogP contribution in [0.15, 0.2) is 53.4 Å². The molecule has 114 valence electrons. The SMILES string of the molecule is CCc1nnc2ccc(-c3ocnc3-c3cccc(C)c3)cn12. The lowest BCUT2D eigenvalue weighted by Crippen LogP contribution is -1.93. The van der Waals surface area contributed by atoms with Gasteiger partial charge in [-0.3, -0.25) is 4.40 Å². The zero-order valence-corrected chi connectivity index (χ0v) is 13.0. The first-order valence-electron chi connectivity index (χ1n) is 7.61. The summed E-state index contributed by atoms with van der Waals surface area (Å²) in [7, 11) is 0. The van der Waals surface area contributed by atoms with Crippen molar-refractivity contribution in [2.24, 2.45) is 0 Å². The highest BCUT2D eigenvalue weighted by Gasteiger charge is 2.14. The van der Waals surface area contributed by atoms with Gasteiger partial charge in [-0.2, -0.15) is 0 Å². The van der Waals surface area contributed by atoms with Crippen molar-refractivity contribution in [1.29, 1.82) is 0 Å². The summed E-state index contributed by atoms with van der Waals surface area (Å²) in [6.45, 7) is 4.13. The summed E-state index contributed by atoms with van der Waals surface area (Å²) in [5.74, 6) is 1.69. The predicted octanol–water partition coefficient (Wildman–Crippen LogP) is 3.92. The minimum atomic E-state index is 0.758. The second kappa shape index (κ2) is 5.35. The predicted molar refractivity (Wildman–Crippen MR) is 88.0 cm³/mol. The van der Waals surface area contributed by atoms with E-state index < -0.39 is 0 Å². The second-order valence-electron chi connectivity index (χ2n) is 5.52. The smallest absolute Gasteiger partial charge is 0.182 e. The maximum Gasteiger partial charge on any atom is 0.182 e. The molecule has 0 bridgehead atoms. The standard InChI is InChI=1S/C18H16N4O/c1-3-15-20-21-16-8-7-14(10-22(15)16)18-17(19-11-23-18)13-6-4-5-12(2)9-13/h4-11H,3H2,1-2H3. The summed E-state index contributed by atoms with van der Waals surface area (Å²) in [6, 6.07) is 12.2. The van der Waals surface area contributed by atoms with Gasteiger partial charge in [-0.15, -0.1) is 10.2 Å². The van der Waals surface area contributed by atoms with Crippen molar-refractivity contribution in [3.8, 4) is 22.6 Å². The van der Waals surface area contributed by atoms with Crippen LogP contribution >= 0.6 is 0 Å². The van der Waals surface area contributed by atoms with Crippen LogP contribution in [0.25, 0.3) is 28.2 Å². The highest BCUT2D eigenvalue weighted by atomic mass is 16.3. The van der Waals surface area contributed by atoms with Gasteiger partial charge < -0.3 is 4.42 Å². The van der Waals surface area contributed by atoms with Crippen molar-refractivity contribution in [1.82, 2.24) is 19.6 Å². The van der Waals surface area contributed by atoms with Crippen LogP contribution in [0.2, 0.25) is 0 Å². The molecule has 0 amide bonds. The van der Waals surface area contributed by atoms with Crippen LogP contribution in [0.5, 0.6) is 0 Å². The van der Waals surface area contributed by atoms with Gasteiger partial charge in [0.2, 0.25) is 0 Å². The Labute approximate surface area is 133 Å². The minimum Gasteiger partial charge on any atom is -0.443 e. The topological polar surface area (TPSA) is 56.2 Å². The largest absolute Gasteiger partial charge is 0.443 e. The molecule has 3 aromatic heterocycles. The van der Waals surface area contributed by atoms with Crippen molar-refractivity contribution < 1.29 is 4.42 Å². The number of rotatable bonds is 3. The van der Waals surface area contributed by atoms with Gasteiger partial charge in [-0.25, -0.2) is 4.98 Å². The number of aromatic nitrogens is 4. The highest BCUT2D eigenvalue weighted by Crippen LogP contribution is 2.31.